The predicted octanol–water partition coefficient (Wildman–Crippen LogP) is 3.67. The average Bonchev–Trinajstić information content (AvgIpc) is 3.02. The van der Waals surface area contributed by atoms with E-state index in [0.29, 0.717) is 6.54 Å². The van der Waals surface area contributed by atoms with E-state index in [9.17, 15) is 5.11 Å². The molecule has 2 aromatic carbocycles. The minimum Gasteiger partial charge on any atom is -0.389 e. The maximum Gasteiger partial charge on any atom is 0.108 e. The van der Waals surface area contributed by atoms with Crippen LogP contribution in [-0.2, 0) is 11.3 Å². The van der Waals surface area contributed by atoms with Crippen molar-refractivity contribution in [2.24, 2.45) is 0 Å². The van der Waals surface area contributed by atoms with Crippen LogP contribution in [0.25, 0.3) is 0 Å². The zero-order valence-electron chi connectivity index (χ0n) is 14.7. The first-order chi connectivity index (χ1) is 12.1. The van der Waals surface area contributed by atoms with E-state index in [4.69, 9.17) is 4.74 Å². The lowest BCUT2D eigenvalue weighted by Gasteiger charge is -2.23. The fraction of sp³-hybridized carbons (Fsp3) is 0.286. The zero-order chi connectivity index (χ0) is 17.6. The van der Waals surface area contributed by atoms with Crippen LogP contribution < -0.4 is 0 Å². The van der Waals surface area contributed by atoms with Crippen LogP contribution in [0.4, 0.5) is 0 Å². The summed E-state index contributed by atoms with van der Waals surface area (Å²) in [6, 6.07) is 18.3. The lowest BCUT2D eigenvalue weighted by Crippen LogP contribution is -2.24. The summed E-state index contributed by atoms with van der Waals surface area (Å²) in [6.45, 7) is 4.74. The standard InChI is InChI=1S/C21H24N2O2/c1-16-8-6-7-11-20(16)21(18-9-4-3-5-10-18)25-15-19(24)14-23-13-12-22-17(23)2/h3-13,19,21,24H,14-15H2,1-2H3/t19-,21-/m0/s1. The molecule has 0 aliphatic heterocycles. The topological polar surface area (TPSA) is 47.3 Å². The van der Waals surface area contributed by atoms with Crippen LogP contribution in [0.15, 0.2) is 67.0 Å². The monoisotopic (exact) mass is 336 g/mol. The summed E-state index contributed by atoms with van der Waals surface area (Å²) in [5.41, 5.74) is 3.39. The second kappa shape index (κ2) is 8.10. The molecular weight excluding hydrogens is 312 g/mol. The Bertz CT molecular complexity index is 798. The van der Waals surface area contributed by atoms with E-state index in [1.54, 1.807) is 6.20 Å². The number of ether oxygens (including phenoxy) is 1. The zero-order valence-corrected chi connectivity index (χ0v) is 14.7. The van der Waals surface area contributed by atoms with Gasteiger partial charge in [-0.25, -0.2) is 4.98 Å². The van der Waals surface area contributed by atoms with Crippen LogP contribution >= 0.6 is 0 Å². The molecule has 0 saturated heterocycles. The summed E-state index contributed by atoms with van der Waals surface area (Å²) in [7, 11) is 0. The number of aromatic nitrogens is 2. The quantitative estimate of drug-likeness (QED) is 0.716. The summed E-state index contributed by atoms with van der Waals surface area (Å²) in [4.78, 5) is 4.18. The third kappa shape index (κ3) is 4.35. The van der Waals surface area contributed by atoms with Gasteiger partial charge in [-0.2, -0.15) is 0 Å². The van der Waals surface area contributed by atoms with Crippen molar-refractivity contribution >= 4 is 0 Å². The van der Waals surface area contributed by atoms with Gasteiger partial charge >= 0.3 is 0 Å². The highest BCUT2D eigenvalue weighted by Crippen LogP contribution is 2.28. The van der Waals surface area contributed by atoms with Crippen LogP contribution in [0.3, 0.4) is 0 Å². The number of nitrogens with zero attached hydrogens (tertiary/aromatic N) is 2. The molecule has 4 heteroatoms. The largest absolute Gasteiger partial charge is 0.389 e. The maximum absolute atomic E-state index is 10.4. The molecule has 0 amide bonds. The van der Waals surface area contributed by atoms with E-state index in [2.05, 4.69) is 36.2 Å². The van der Waals surface area contributed by atoms with Crippen LogP contribution in [0.1, 0.15) is 28.6 Å². The number of benzene rings is 2. The highest BCUT2D eigenvalue weighted by molar-refractivity contribution is 5.35. The molecule has 130 valence electrons. The summed E-state index contributed by atoms with van der Waals surface area (Å²) >= 11 is 0. The first-order valence-corrected chi connectivity index (χ1v) is 8.53. The maximum atomic E-state index is 10.4. The van der Waals surface area contributed by atoms with Crippen LogP contribution in [0.2, 0.25) is 0 Å². The fourth-order valence-corrected chi connectivity index (χ4v) is 2.96. The molecule has 0 saturated carbocycles. The minimum atomic E-state index is -0.594. The molecule has 2 atom stereocenters. The first kappa shape index (κ1) is 17.4. The number of hydrogen-bond acceptors (Lipinski definition) is 3. The van der Waals surface area contributed by atoms with Crippen LogP contribution in [0, 0.1) is 13.8 Å². The van der Waals surface area contributed by atoms with Crippen molar-refractivity contribution in [2.75, 3.05) is 6.61 Å². The lowest BCUT2D eigenvalue weighted by atomic mass is 9.97. The van der Waals surface area contributed by atoms with E-state index < -0.39 is 6.10 Å². The average molecular weight is 336 g/mol. The second-order valence-electron chi connectivity index (χ2n) is 6.26. The van der Waals surface area contributed by atoms with E-state index in [-0.39, 0.29) is 12.7 Å². The molecule has 1 heterocycles. The van der Waals surface area contributed by atoms with Crippen molar-refractivity contribution in [3.63, 3.8) is 0 Å². The molecule has 0 radical (unpaired) electrons. The van der Waals surface area contributed by atoms with Gasteiger partial charge in [-0.15, -0.1) is 0 Å². The number of hydrogen-bond donors (Lipinski definition) is 1. The van der Waals surface area contributed by atoms with E-state index in [1.165, 1.54) is 5.56 Å². The molecule has 0 spiro atoms. The van der Waals surface area contributed by atoms with Gasteiger partial charge in [0.05, 0.1) is 19.3 Å². The summed E-state index contributed by atoms with van der Waals surface area (Å²) in [6.07, 6.45) is 2.82. The molecule has 1 aromatic heterocycles. The molecular formula is C21H24N2O2. The number of aliphatic hydroxyl groups excluding tert-OH is 1. The predicted molar refractivity (Wildman–Crippen MR) is 98.4 cm³/mol. The molecule has 0 bridgehead atoms. The van der Waals surface area contributed by atoms with Crippen molar-refractivity contribution in [3.05, 3.63) is 89.5 Å². The molecule has 4 nitrogen and oxygen atoms in total. The highest BCUT2D eigenvalue weighted by atomic mass is 16.5. The Hall–Kier alpha value is -2.43. The van der Waals surface area contributed by atoms with Gasteiger partial charge in [0.2, 0.25) is 0 Å². The van der Waals surface area contributed by atoms with Crippen molar-refractivity contribution < 1.29 is 9.84 Å². The molecule has 0 aliphatic carbocycles. The molecule has 25 heavy (non-hydrogen) atoms. The molecule has 3 aromatic rings. The summed E-state index contributed by atoms with van der Waals surface area (Å²) < 4.78 is 8.09. The van der Waals surface area contributed by atoms with Gasteiger partial charge < -0.3 is 14.4 Å². The Morgan fingerprint density at radius 2 is 1.76 bits per heavy atom. The minimum absolute atomic E-state index is 0.194. The number of imidazole rings is 1. The molecule has 0 fully saturated rings. The Balaban J connectivity index is 1.74. The van der Waals surface area contributed by atoms with E-state index in [0.717, 1.165) is 17.0 Å². The third-order valence-corrected chi connectivity index (χ3v) is 4.36. The Morgan fingerprint density at radius 3 is 2.44 bits per heavy atom. The van der Waals surface area contributed by atoms with Gasteiger partial charge in [0.25, 0.3) is 0 Å². The van der Waals surface area contributed by atoms with Gasteiger partial charge in [-0.1, -0.05) is 54.6 Å². The molecule has 0 unspecified atom stereocenters. The first-order valence-electron chi connectivity index (χ1n) is 8.53. The molecule has 1 N–H and O–H groups in total. The molecule has 0 aliphatic rings. The van der Waals surface area contributed by atoms with E-state index >= 15 is 0 Å². The van der Waals surface area contributed by atoms with Gasteiger partial charge in [0.1, 0.15) is 11.9 Å². The van der Waals surface area contributed by atoms with Crippen molar-refractivity contribution in [1.29, 1.82) is 0 Å². The third-order valence-electron chi connectivity index (χ3n) is 4.36. The van der Waals surface area contributed by atoms with Gasteiger partial charge in [-0.3, -0.25) is 0 Å². The van der Waals surface area contributed by atoms with Gasteiger partial charge in [0, 0.05) is 12.4 Å². The SMILES string of the molecule is Cc1ccccc1[C@@H](OC[C@@H](O)Cn1ccnc1C)c1ccccc1. The number of rotatable bonds is 7. The summed E-state index contributed by atoms with van der Waals surface area (Å²) in [5.74, 6) is 0.887. The normalized spacial score (nSPS) is 13.6. The van der Waals surface area contributed by atoms with Crippen LogP contribution in [0.5, 0.6) is 0 Å². The lowest BCUT2D eigenvalue weighted by molar-refractivity contribution is -0.000980. The fourth-order valence-electron chi connectivity index (χ4n) is 2.96. The van der Waals surface area contributed by atoms with Gasteiger partial charge in [-0.05, 0) is 30.5 Å². The van der Waals surface area contributed by atoms with Crippen molar-refractivity contribution in [3.8, 4) is 0 Å². The molecule has 3 rings (SSSR count). The number of aryl methyl sites for hydroxylation is 2. The van der Waals surface area contributed by atoms with Gasteiger partial charge in [0.15, 0.2) is 0 Å². The summed E-state index contributed by atoms with van der Waals surface area (Å²) in [5, 5.41) is 10.4. The Labute approximate surface area is 148 Å². The number of aliphatic hydroxyl groups is 1. The highest BCUT2D eigenvalue weighted by Gasteiger charge is 2.18. The smallest absolute Gasteiger partial charge is 0.108 e. The van der Waals surface area contributed by atoms with Crippen molar-refractivity contribution in [1.82, 2.24) is 9.55 Å². The Kier molecular flexibility index (Phi) is 5.64. The van der Waals surface area contributed by atoms with E-state index in [1.807, 2.05) is 48.0 Å². The second-order valence-corrected chi connectivity index (χ2v) is 6.26. The van der Waals surface area contributed by atoms with Crippen molar-refractivity contribution in [2.45, 2.75) is 32.6 Å². The Morgan fingerprint density at radius 1 is 1.04 bits per heavy atom. The van der Waals surface area contributed by atoms with Crippen LogP contribution in [-0.4, -0.2) is 27.4 Å².